The molecule has 1 unspecified atom stereocenters. The fraction of sp³-hybridized carbons (Fsp3) is 0.579. The molecule has 8 heteroatoms. The molecule has 3 N–H and O–H groups in total. The average molecular weight is 397 g/mol. The summed E-state index contributed by atoms with van der Waals surface area (Å²) in [5, 5.41) is 9.69. The number of ether oxygens (including phenoxy) is 2. The number of nitrogens with one attached hydrogen (secondary N) is 3. The lowest BCUT2D eigenvalue weighted by atomic mass is 10.2. The second kappa shape index (κ2) is 12.5. The molecule has 1 aromatic carbocycles. The van der Waals surface area contributed by atoms with E-state index in [-0.39, 0.29) is 12.0 Å². The summed E-state index contributed by atoms with van der Waals surface area (Å²) in [6.45, 7) is 6.68. The van der Waals surface area contributed by atoms with Gasteiger partial charge in [-0.05, 0) is 31.9 Å². The monoisotopic (exact) mass is 396 g/mol. The molecule has 150 valence electrons. The molecule has 0 saturated carbocycles. The van der Waals surface area contributed by atoms with Crippen LogP contribution in [-0.2, 0) is 9.47 Å². The van der Waals surface area contributed by atoms with Crippen molar-refractivity contribution >= 4 is 23.5 Å². The van der Waals surface area contributed by atoms with E-state index in [4.69, 9.17) is 21.1 Å². The second-order valence-electron chi connectivity index (χ2n) is 6.13. The molecule has 0 radical (unpaired) electrons. The first-order valence-electron chi connectivity index (χ1n) is 9.45. The lowest BCUT2D eigenvalue weighted by molar-refractivity contribution is 0.0424. The molecule has 7 nitrogen and oxygen atoms in total. The van der Waals surface area contributed by atoms with Gasteiger partial charge in [-0.25, -0.2) is 0 Å². The molecule has 1 aliphatic rings. The summed E-state index contributed by atoms with van der Waals surface area (Å²) in [6.07, 6.45) is 2.08. The van der Waals surface area contributed by atoms with Crippen molar-refractivity contribution < 1.29 is 14.3 Å². The molecule has 0 bridgehead atoms. The Bertz CT molecular complexity index is 606. The molecular weight excluding hydrogens is 368 g/mol. The third-order valence-corrected chi connectivity index (χ3v) is 4.31. The first-order chi connectivity index (χ1) is 13.2. The molecular formula is C19H29ClN4O3. The van der Waals surface area contributed by atoms with Crippen molar-refractivity contribution in [1.82, 2.24) is 16.0 Å². The fourth-order valence-electron chi connectivity index (χ4n) is 2.59. The summed E-state index contributed by atoms with van der Waals surface area (Å²) in [7, 11) is 0. The Hall–Kier alpha value is -1.83. The Kier molecular flexibility index (Phi) is 9.97. The third-order valence-electron chi connectivity index (χ3n) is 3.98. The minimum atomic E-state index is -0.183. The van der Waals surface area contributed by atoms with E-state index in [0.29, 0.717) is 43.4 Å². The van der Waals surface area contributed by atoms with Crippen LogP contribution in [0.2, 0.25) is 5.02 Å². The number of carbonyl (C=O) groups is 1. The van der Waals surface area contributed by atoms with Gasteiger partial charge in [0, 0.05) is 39.4 Å². The van der Waals surface area contributed by atoms with E-state index in [9.17, 15) is 4.79 Å². The Balaban J connectivity index is 1.62. The zero-order chi connectivity index (χ0) is 19.3. The van der Waals surface area contributed by atoms with Gasteiger partial charge in [0.1, 0.15) is 0 Å². The first kappa shape index (κ1) is 21.5. The van der Waals surface area contributed by atoms with Crippen molar-refractivity contribution in [2.24, 2.45) is 4.99 Å². The molecule has 2 rings (SSSR count). The van der Waals surface area contributed by atoms with Crippen LogP contribution < -0.4 is 16.0 Å². The van der Waals surface area contributed by atoms with E-state index in [0.717, 1.165) is 32.0 Å². The topological polar surface area (TPSA) is 84.0 Å². The highest BCUT2D eigenvalue weighted by molar-refractivity contribution is 6.33. The van der Waals surface area contributed by atoms with Crippen LogP contribution in [0.4, 0.5) is 0 Å². The maximum atomic E-state index is 12.1. The molecule has 1 amide bonds. The number of rotatable bonds is 10. The predicted molar refractivity (Wildman–Crippen MR) is 108 cm³/mol. The normalized spacial score (nSPS) is 17.0. The summed E-state index contributed by atoms with van der Waals surface area (Å²) in [4.78, 5) is 16.6. The molecule has 0 aromatic heterocycles. The Morgan fingerprint density at radius 3 is 2.85 bits per heavy atom. The standard InChI is InChI=1S/C19H29ClN4O3/c1-2-21-19(23-9-5-12-27-15-8-13-26-14-15)24-11-10-22-18(25)16-6-3-4-7-17(16)20/h3-4,6-7,15H,2,5,8-14H2,1H3,(H,22,25)(H2,21,23,24). The minimum absolute atomic E-state index is 0.183. The van der Waals surface area contributed by atoms with Crippen LogP contribution in [-0.4, -0.2) is 64.0 Å². The van der Waals surface area contributed by atoms with Crippen LogP contribution in [0.1, 0.15) is 30.1 Å². The second-order valence-corrected chi connectivity index (χ2v) is 6.54. The fourth-order valence-corrected chi connectivity index (χ4v) is 2.81. The summed E-state index contributed by atoms with van der Waals surface area (Å²) in [5.41, 5.74) is 0.479. The Labute approximate surface area is 165 Å². The number of hydrogen-bond acceptors (Lipinski definition) is 4. The van der Waals surface area contributed by atoms with Crippen LogP contribution >= 0.6 is 11.6 Å². The van der Waals surface area contributed by atoms with Gasteiger partial charge in [0.25, 0.3) is 5.91 Å². The minimum Gasteiger partial charge on any atom is -0.379 e. The number of aliphatic imine (C=N–C) groups is 1. The number of carbonyl (C=O) groups excluding carboxylic acids is 1. The van der Waals surface area contributed by atoms with E-state index < -0.39 is 0 Å². The number of hydrogen-bond donors (Lipinski definition) is 3. The summed E-state index contributed by atoms with van der Waals surface area (Å²) >= 11 is 6.03. The van der Waals surface area contributed by atoms with Gasteiger partial charge < -0.3 is 25.4 Å². The maximum Gasteiger partial charge on any atom is 0.252 e. The molecule has 1 saturated heterocycles. The van der Waals surface area contributed by atoms with Crippen molar-refractivity contribution in [3.8, 4) is 0 Å². The highest BCUT2D eigenvalue weighted by Gasteiger charge is 2.15. The highest BCUT2D eigenvalue weighted by atomic mass is 35.5. The molecule has 1 heterocycles. The first-order valence-corrected chi connectivity index (χ1v) is 9.82. The zero-order valence-corrected chi connectivity index (χ0v) is 16.6. The summed E-state index contributed by atoms with van der Waals surface area (Å²) in [5.74, 6) is 0.547. The lowest BCUT2D eigenvalue weighted by Gasteiger charge is -2.12. The van der Waals surface area contributed by atoms with E-state index in [2.05, 4.69) is 20.9 Å². The molecule has 0 aliphatic carbocycles. The van der Waals surface area contributed by atoms with Crippen molar-refractivity contribution in [3.05, 3.63) is 34.9 Å². The van der Waals surface area contributed by atoms with Crippen LogP contribution in [0.5, 0.6) is 0 Å². The van der Waals surface area contributed by atoms with E-state index in [1.807, 2.05) is 6.92 Å². The van der Waals surface area contributed by atoms with Crippen molar-refractivity contribution in [3.63, 3.8) is 0 Å². The molecule has 1 fully saturated rings. The van der Waals surface area contributed by atoms with Crippen LogP contribution in [0, 0.1) is 0 Å². The molecule has 27 heavy (non-hydrogen) atoms. The zero-order valence-electron chi connectivity index (χ0n) is 15.8. The van der Waals surface area contributed by atoms with Gasteiger partial charge in [-0.3, -0.25) is 9.79 Å². The van der Waals surface area contributed by atoms with E-state index in [1.165, 1.54) is 0 Å². The predicted octanol–water partition coefficient (Wildman–Crippen LogP) is 1.82. The van der Waals surface area contributed by atoms with Gasteiger partial charge in [0.2, 0.25) is 0 Å². The Morgan fingerprint density at radius 1 is 1.30 bits per heavy atom. The van der Waals surface area contributed by atoms with Crippen molar-refractivity contribution in [2.45, 2.75) is 25.9 Å². The number of nitrogens with zero attached hydrogens (tertiary/aromatic N) is 1. The van der Waals surface area contributed by atoms with Gasteiger partial charge in [-0.2, -0.15) is 0 Å². The number of amides is 1. The van der Waals surface area contributed by atoms with Gasteiger partial charge >= 0.3 is 0 Å². The SMILES string of the molecule is CCNC(=NCCCOC1CCOC1)NCCNC(=O)c1ccccc1Cl. The number of guanidine groups is 1. The largest absolute Gasteiger partial charge is 0.379 e. The molecule has 0 spiro atoms. The molecule has 1 aromatic rings. The van der Waals surface area contributed by atoms with Gasteiger partial charge in [0.15, 0.2) is 5.96 Å². The van der Waals surface area contributed by atoms with Gasteiger partial charge in [-0.1, -0.05) is 23.7 Å². The lowest BCUT2D eigenvalue weighted by Crippen LogP contribution is -2.41. The smallest absolute Gasteiger partial charge is 0.252 e. The maximum absolute atomic E-state index is 12.1. The van der Waals surface area contributed by atoms with Gasteiger partial charge in [-0.15, -0.1) is 0 Å². The van der Waals surface area contributed by atoms with Crippen molar-refractivity contribution in [2.75, 3.05) is 46.0 Å². The molecule has 1 aliphatic heterocycles. The summed E-state index contributed by atoms with van der Waals surface area (Å²) in [6, 6.07) is 7.00. The average Bonchev–Trinajstić information content (AvgIpc) is 3.18. The number of halogens is 1. The quantitative estimate of drug-likeness (QED) is 0.319. The summed E-state index contributed by atoms with van der Waals surface area (Å²) < 4.78 is 11.0. The highest BCUT2D eigenvalue weighted by Crippen LogP contribution is 2.14. The van der Waals surface area contributed by atoms with Crippen LogP contribution in [0.25, 0.3) is 0 Å². The Morgan fingerprint density at radius 2 is 2.11 bits per heavy atom. The van der Waals surface area contributed by atoms with E-state index in [1.54, 1.807) is 24.3 Å². The third kappa shape index (κ3) is 8.15. The van der Waals surface area contributed by atoms with E-state index >= 15 is 0 Å². The number of benzene rings is 1. The molecule has 1 atom stereocenters. The van der Waals surface area contributed by atoms with Gasteiger partial charge in [0.05, 0.1) is 23.3 Å². The van der Waals surface area contributed by atoms with Crippen molar-refractivity contribution in [1.29, 1.82) is 0 Å². The van der Waals surface area contributed by atoms with Crippen LogP contribution in [0.15, 0.2) is 29.3 Å². The van der Waals surface area contributed by atoms with Crippen LogP contribution in [0.3, 0.4) is 0 Å².